The van der Waals surface area contributed by atoms with Crippen molar-refractivity contribution in [2.24, 2.45) is 0 Å². The minimum atomic E-state index is -1.29. The maximum atomic E-state index is 7.11. The molecule has 0 fully saturated rings. The summed E-state index contributed by atoms with van der Waals surface area (Å²) < 4.78 is 0.419. The van der Waals surface area contributed by atoms with E-state index in [0.717, 1.165) is 17.9 Å². The van der Waals surface area contributed by atoms with Crippen LogP contribution in [0.4, 0.5) is 0 Å². The quantitative estimate of drug-likeness (QED) is 0.216. The first-order valence-corrected chi connectivity index (χ1v) is 19.6. The van der Waals surface area contributed by atoms with Crippen molar-refractivity contribution >= 4 is 201 Å². The topological polar surface area (TPSA) is 0 Å². The second-order valence-electron chi connectivity index (χ2n) is 8.26. The number of alkyl halides is 2. The fourth-order valence-corrected chi connectivity index (χ4v) is 15.0. The van der Waals surface area contributed by atoms with Gasteiger partial charge in [-0.1, -0.05) is 178 Å². The fourth-order valence-electron chi connectivity index (χ4n) is 4.00. The Morgan fingerprint density at radius 1 is 0.475 bits per heavy atom. The predicted octanol–water partition coefficient (Wildman–Crippen LogP) is 15.2. The summed E-state index contributed by atoms with van der Waals surface area (Å²) in [4.78, 5) is 0. The molecule has 16 heteroatoms. The Kier molecular flexibility index (Phi) is 12.5. The summed E-state index contributed by atoms with van der Waals surface area (Å²) in [5.41, 5.74) is 1.32. The lowest BCUT2D eigenvalue weighted by Gasteiger charge is -2.45. The molecule has 214 valence electrons. The van der Waals surface area contributed by atoms with Gasteiger partial charge in [-0.25, -0.2) is 0 Å². The first-order chi connectivity index (χ1) is 18.6. The first-order valence-electron chi connectivity index (χ1n) is 10.4. The number of benzene rings is 2. The molecule has 0 saturated heterocycles. The van der Waals surface area contributed by atoms with Crippen LogP contribution in [0.15, 0.2) is 94.5 Å². The highest BCUT2D eigenvalue weighted by molar-refractivity contribution is 9.11. The third-order valence-electron chi connectivity index (χ3n) is 5.89. The molecule has 4 unspecified atom stereocenters. The normalized spacial score (nSPS) is 27.8. The number of halogens is 14. The van der Waals surface area contributed by atoms with Crippen molar-refractivity contribution in [3.05, 3.63) is 106 Å². The van der Waals surface area contributed by atoms with Gasteiger partial charge in [0.25, 0.3) is 0 Å². The van der Waals surface area contributed by atoms with Gasteiger partial charge in [-0.15, -0.1) is 23.2 Å². The molecule has 0 saturated carbocycles. The van der Waals surface area contributed by atoms with Crippen LogP contribution in [0.2, 0.25) is 0 Å². The Morgan fingerprint density at radius 3 is 1.02 bits per heavy atom. The highest BCUT2D eigenvalue weighted by Gasteiger charge is 2.56. The van der Waals surface area contributed by atoms with E-state index in [4.69, 9.17) is 116 Å². The van der Waals surface area contributed by atoms with Crippen LogP contribution in [0.25, 0.3) is 0 Å². The molecule has 4 rings (SSSR count). The van der Waals surface area contributed by atoms with Gasteiger partial charge in [-0.05, 0) is 47.5 Å². The maximum Gasteiger partial charge on any atom is 0.110 e. The van der Waals surface area contributed by atoms with Gasteiger partial charge in [0.05, 0.1) is 51.0 Å². The van der Waals surface area contributed by atoms with E-state index in [0.29, 0.717) is 11.1 Å². The average Bonchev–Trinajstić information content (AvgIpc) is 2.89. The van der Waals surface area contributed by atoms with Gasteiger partial charge >= 0.3 is 0 Å². The molecule has 0 aliphatic heterocycles. The predicted molar refractivity (Wildman–Crippen MR) is 196 cm³/mol. The average molecular weight is 1030 g/mol. The molecule has 0 nitrogen and oxygen atoms in total. The van der Waals surface area contributed by atoms with Gasteiger partial charge in [-0.3, -0.25) is 0 Å². The Balaban J connectivity index is 2.02. The van der Waals surface area contributed by atoms with Crippen LogP contribution in [0.3, 0.4) is 0 Å². The largest absolute Gasteiger partial charge is 0.114 e. The summed E-state index contributed by atoms with van der Waals surface area (Å²) in [5.74, 6) is 0. The van der Waals surface area contributed by atoms with Gasteiger partial charge in [0.2, 0.25) is 0 Å². The van der Waals surface area contributed by atoms with E-state index < -0.39 is 20.2 Å². The van der Waals surface area contributed by atoms with E-state index in [1.807, 2.05) is 36.4 Å². The fraction of sp³-hybridized carbons (Fsp3) is 0.167. The summed E-state index contributed by atoms with van der Waals surface area (Å²) in [6.07, 6.45) is 0. The minimum absolute atomic E-state index is 0.0559. The van der Waals surface area contributed by atoms with Crippen LogP contribution in [-0.4, -0.2) is 10.8 Å². The van der Waals surface area contributed by atoms with Crippen LogP contribution in [0.5, 0.6) is 0 Å². The SMILES string of the molecule is ClC1=C(Cl)C(Cl)C(SSC2(c3cc(Br)cc(Br)c3)C(Cl)=C(Cl)C(Cl)=C(Cl)C2Cl)(c2cc(Br)cc(Br)c2)C(Cl)=C1Cl. The van der Waals surface area contributed by atoms with Gasteiger partial charge in [0, 0.05) is 17.9 Å². The van der Waals surface area contributed by atoms with Gasteiger partial charge in [0.15, 0.2) is 0 Å². The van der Waals surface area contributed by atoms with Crippen molar-refractivity contribution < 1.29 is 0 Å². The zero-order valence-corrected chi connectivity index (χ0v) is 34.3. The summed E-state index contributed by atoms with van der Waals surface area (Å²) in [7, 11) is 2.48. The Hall–Kier alpha value is 2.92. The molecular weight excluding hydrogens is 1030 g/mol. The summed E-state index contributed by atoms with van der Waals surface area (Å²) in [5, 5.41) is -1.16. The zero-order chi connectivity index (χ0) is 29.9. The molecular formula is C24H8Br4Cl10S2. The van der Waals surface area contributed by atoms with E-state index in [1.54, 1.807) is 0 Å². The molecule has 0 aromatic heterocycles. The molecule has 2 aromatic carbocycles. The van der Waals surface area contributed by atoms with Crippen LogP contribution >= 0.6 is 201 Å². The summed E-state index contributed by atoms with van der Waals surface area (Å²) >= 11 is 82.0. The molecule has 40 heavy (non-hydrogen) atoms. The maximum absolute atomic E-state index is 7.11. The van der Waals surface area contributed by atoms with E-state index in [2.05, 4.69) is 63.7 Å². The van der Waals surface area contributed by atoms with E-state index >= 15 is 0 Å². The van der Waals surface area contributed by atoms with Crippen molar-refractivity contribution in [2.75, 3.05) is 0 Å². The number of hydrogen-bond acceptors (Lipinski definition) is 2. The molecule has 0 amide bonds. The minimum Gasteiger partial charge on any atom is -0.114 e. The molecule has 0 bridgehead atoms. The first kappa shape index (κ1) is 35.8. The third-order valence-corrected chi connectivity index (χ3v) is 17.2. The van der Waals surface area contributed by atoms with Crippen LogP contribution in [0.1, 0.15) is 11.1 Å². The molecule has 2 aliphatic carbocycles. The van der Waals surface area contributed by atoms with Crippen molar-refractivity contribution in [3.8, 4) is 0 Å². The second-order valence-corrected chi connectivity index (χ2v) is 18.5. The monoisotopic (exact) mass is 1030 g/mol. The van der Waals surface area contributed by atoms with Crippen LogP contribution < -0.4 is 0 Å². The summed E-state index contributed by atoms with van der Waals surface area (Å²) in [6.45, 7) is 0. The molecule has 2 aromatic rings. The lowest BCUT2D eigenvalue weighted by atomic mass is 9.90. The molecule has 0 radical (unpaired) electrons. The van der Waals surface area contributed by atoms with E-state index in [1.165, 1.54) is 21.6 Å². The smallest absolute Gasteiger partial charge is 0.110 e. The van der Waals surface area contributed by atoms with E-state index in [9.17, 15) is 0 Å². The van der Waals surface area contributed by atoms with Crippen molar-refractivity contribution in [1.29, 1.82) is 0 Å². The van der Waals surface area contributed by atoms with Crippen molar-refractivity contribution in [2.45, 2.75) is 20.2 Å². The lowest BCUT2D eigenvalue weighted by molar-refractivity contribution is 0.752. The van der Waals surface area contributed by atoms with Gasteiger partial charge < -0.3 is 0 Å². The number of hydrogen-bond donors (Lipinski definition) is 0. The van der Waals surface area contributed by atoms with Crippen molar-refractivity contribution in [1.82, 2.24) is 0 Å². The van der Waals surface area contributed by atoms with E-state index in [-0.39, 0.29) is 40.3 Å². The zero-order valence-electron chi connectivity index (χ0n) is 18.7. The molecule has 4 atom stereocenters. The van der Waals surface area contributed by atoms with Crippen LogP contribution in [-0.2, 0) is 9.49 Å². The third kappa shape index (κ3) is 6.28. The number of allylic oxidation sites excluding steroid dienone is 6. The Bertz CT molecular complexity index is 1390. The van der Waals surface area contributed by atoms with Gasteiger partial charge in [0.1, 0.15) is 9.49 Å². The van der Waals surface area contributed by atoms with Crippen molar-refractivity contribution in [3.63, 3.8) is 0 Å². The summed E-state index contributed by atoms with van der Waals surface area (Å²) in [6, 6.07) is 11.2. The highest BCUT2D eigenvalue weighted by atomic mass is 79.9. The molecule has 0 spiro atoms. The molecule has 2 aliphatic rings. The molecule has 0 heterocycles. The standard InChI is InChI=1S/C24H8Br4Cl10S2/c25-9-1-7(2-10(26)5-9)23(19(35)15(31)13(29)16(32)20(23)36)39-40-24(8-3-11(27)6-12(28)4-8)21(37)17(33)14(30)18(34)22(24)38/h1-6,19,21H. The Morgan fingerprint density at radius 2 is 0.750 bits per heavy atom. The number of rotatable bonds is 5. The van der Waals surface area contributed by atoms with Crippen LogP contribution in [0, 0.1) is 0 Å². The lowest BCUT2D eigenvalue weighted by Crippen LogP contribution is -2.40. The highest BCUT2D eigenvalue weighted by Crippen LogP contribution is 2.69. The second kappa shape index (κ2) is 14.0. The Labute approximate surface area is 322 Å². The van der Waals surface area contributed by atoms with Gasteiger partial charge in [-0.2, -0.15) is 0 Å². The molecule has 0 N–H and O–H groups in total.